The summed E-state index contributed by atoms with van der Waals surface area (Å²) in [6, 6.07) is 0. The van der Waals surface area contributed by atoms with E-state index in [4.69, 9.17) is 11.6 Å². The third kappa shape index (κ3) is 2.49. The zero-order valence-corrected chi connectivity index (χ0v) is 11.4. The molecule has 1 heterocycles. The van der Waals surface area contributed by atoms with E-state index in [1.165, 1.54) is 17.6 Å². The number of hydrogen-bond donors (Lipinski definition) is 0. The van der Waals surface area contributed by atoms with E-state index in [0.29, 0.717) is 10.0 Å². The lowest BCUT2D eigenvalue weighted by Gasteiger charge is -2.18. The number of rotatable bonds is 3. The second-order valence-electron chi connectivity index (χ2n) is 3.84. The van der Waals surface area contributed by atoms with Gasteiger partial charge in [-0.1, -0.05) is 11.3 Å². The van der Waals surface area contributed by atoms with Crippen LogP contribution < -0.4 is 0 Å². The predicted octanol–water partition coefficient (Wildman–Crippen LogP) is 2.12. The molecule has 1 atom stereocenters. The predicted molar refractivity (Wildman–Crippen MR) is 62.0 cm³/mol. The molecule has 0 fully saturated rings. The summed E-state index contributed by atoms with van der Waals surface area (Å²) < 4.78 is 22.1. The molecule has 0 spiro atoms. The Balaban J connectivity index is 3.17. The number of aromatic nitrogens is 2. The van der Waals surface area contributed by atoms with E-state index in [9.17, 15) is 8.42 Å². The van der Waals surface area contributed by atoms with Crippen molar-refractivity contribution in [1.29, 1.82) is 0 Å². The first kappa shape index (κ1) is 12.9. The topological polar surface area (TPSA) is 59.9 Å². The number of sulfone groups is 1. The van der Waals surface area contributed by atoms with Gasteiger partial charge in [-0.3, -0.25) is 0 Å². The molecule has 86 valence electrons. The zero-order valence-electron chi connectivity index (χ0n) is 8.98. The van der Waals surface area contributed by atoms with Crippen LogP contribution in [0, 0.1) is 0 Å². The van der Waals surface area contributed by atoms with E-state index in [1.54, 1.807) is 20.8 Å². The first-order valence-electron chi connectivity index (χ1n) is 4.34. The molecule has 15 heavy (non-hydrogen) atoms. The summed E-state index contributed by atoms with van der Waals surface area (Å²) in [4.78, 5) is 0. The molecule has 7 heteroatoms. The van der Waals surface area contributed by atoms with Crippen molar-refractivity contribution in [3.8, 4) is 0 Å². The largest absolute Gasteiger partial charge is 0.228 e. The van der Waals surface area contributed by atoms with Gasteiger partial charge >= 0.3 is 0 Å². The zero-order chi connectivity index (χ0) is 11.9. The lowest BCUT2D eigenvalue weighted by atomic mass is 10.2. The highest BCUT2D eigenvalue weighted by molar-refractivity contribution is 7.91. The van der Waals surface area contributed by atoms with Crippen LogP contribution in [0.5, 0.6) is 0 Å². The minimum Gasteiger partial charge on any atom is -0.228 e. The second kappa shape index (κ2) is 3.99. The minimum atomic E-state index is -3.20. The van der Waals surface area contributed by atoms with E-state index in [2.05, 4.69) is 10.2 Å². The van der Waals surface area contributed by atoms with Gasteiger partial charge in [0, 0.05) is 6.26 Å². The van der Waals surface area contributed by atoms with Crippen molar-refractivity contribution in [1.82, 2.24) is 10.2 Å². The van der Waals surface area contributed by atoms with Gasteiger partial charge in [0.05, 0.1) is 5.38 Å². The normalized spacial score (nSPS) is 15.3. The Labute approximate surface area is 98.6 Å². The fourth-order valence-corrected chi connectivity index (χ4v) is 2.68. The molecule has 0 radical (unpaired) electrons. The van der Waals surface area contributed by atoms with Crippen molar-refractivity contribution in [2.24, 2.45) is 0 Å². The lowest BCUT2D eigenvalue weighted by Crippen LogP contribution is -2.27. The highest BCUT2D eigenvalue weighted by atomic mass is 35.5. The molecular weight excluding hydrogens is 256 g/mol. The van der Waals surface area contributed by atoms with Crippen LogP contribution in [0.15, 0.2) is 0 Å². The van der Waals surface area contributed by atoms with Crippen LogP contribution in [0.3, 0.4) is 0 Å². The Morgan fingerprint density at radius 3 is 2.27 bits per heavy atom. The van der Waals surface area contributed by atoms with Gasteiger partial charge in [-0.15, -0.1) is 21.8 Å². The molecule has 0 aliphatic carbocycles. The Bertz CT molecular complexity index is 451. The van der Waals surface area contributed by atoms with Crippen LogP contribution in [-0.2, 0) is 14.6 Å². The highest BCUT2D eigenvalue weighted by Crippen LogP contribution is 2.33. The molecule has 0 aliphatic rings. The molecule has 1 rings (SSSR count). The fraction of sp³-hybridized carbons (Fsp3) is 0.750. The first-order valence-corrected chi connectivity index (χ1v) is 7.48. The minimum absolute atomic E-state index is 0.244. The second-order valence-corrected chi connectivity index (χ2v) is 8.07. The summed E-state index contributed by atoms with van der Waals surface area (Å²) in [5, 5.41) is 8.63. The van der Waals surface area contributed by atoms with E-state index < -0.39 is 14.6 Å². The van der Waals surface area contributed by atoms with Gasteiger partial charge in [0.15, 0.2) is 9.84 Å². The molecule has 0 aromatic carbocycles. The first-order chi connectivity index (χ1) is 6.66. The molecule has 0 bridgehead atoms. The summed E-state index contributed by atoms with van der Waals surface area (Å²) in [7, 11) is -3.20. The van der Waals surface area contributed by atoms with Gasteiger partial charge in [-0.05, 0) is 20.8 Å². The molecule has 1 aromatic heterocycles. The maximum atomic E-state index is 11.5. The van der Waals surface area contributed by atoms with Crippen LogP contribution in [0.25, 0.3) is 0 Å². The molecular formula is C8H13ClN2O2S2. The monoisotopic (exact) mass is 268 g/mol. The average Bonchev–Trinajstić information content (AvgIpc) is 2.49. The summed E-state index contributed by atoms with van der Waals surface area (Å²) >= 11 is 7.08. The molecule has 1 aromatic rings. The number of halogens is 1. The third-order valence-electron chi connectivity index (χ3n) is 2.22. The maximum absolute atomic E-state index is 11.5. The van der Waals surface area contributed by atoms with Gasteiger partial charge in [0.25, 0.3) is 0 Å². The van der Waals surface area contributed by atoms with Gasteiger partial charge in [-0.2, -0.15) is 0 Å². The summed E-state index contributed by atoms with van der Waals surface area (Å²) in [6.07, 6.45) is 1.19. The van der Waals surface area contributed by atoms with Crippen molar-refractivity contribution in [2.45, 2.75) is 30.9 Å². The standard InChI is InChI=1S/C8H13ClN2O2S2/c1-5(9)6-10-11-7(14-6)8(2,3)15(4,12)13/h5H,1-4H3. The van der Waals surface area contributed by atoms with E-state index >= 15 is 0 Å². The summed E-state index contributed by atoms with van der Waals surface area (Å²) in [5.41, 5.74) is 0. The van der Waals surface area contributed by atoms with Crippen molar-refractivity contribution in [3.05, 3.63) is 10.0 Å². The van der Waals surface area contributed by atoms with Crippen LogP contribution in [-0.4, -0.2) is 24.9 Å². The van der Waals surface area contributed by atoms with Crippen molar-refractivity contribution < 1.29 is 8.42 Å². The van der Waals surface area contributed by atoms with Gasteiger partial charge in [0.2, 0.25) is 0 Å². The summed E-state index contributed by atoms with van der Waals surface area (Å²) in [5.74, 6) is 0. The molecule has 0 aliphatic heterocycles. The average molecular weight is 269 g/mol. The maximum Gasteiger partial charge on any atom is 0.159 e. The van der Waals surface area contributed by atoms with Crippen molar-refractivity contribution >= 4 is 32.8 Å². The molecule has 1 unspecified atom stereocenters. The fourth-order valence-electron chi connectivity index (χ4n) is 0.797. The molecule has 0 saturated carbocycles. The SMILES string of the molecule is CC(Cl)c1nnc(C(C)(C)S(C)(=O)=O)s1. The van der Waals surface area contributed by atoms with Crippen LogP contribution in [0.2, 0.25) is 0 Å². The summed E-state index contributed by atoms with van der Waals surface area (Å²) in [6.45, 7) is 5.01. The smallest absolute Gasteiger partial charge is 0.159 e. The third-order valence-corrected chi connectivity index (χ3v) is 6.17. The Hall–Kier alpha value is -0.200. The molecule has 4 nitrogen and oxygen atoms in total. The number of hydrogen-bond acceptors (Lipinski definition) is 5. The van der Waals surface area contributed by atoms with Gasteiger partial charge in [-0.25, -0.2) is 8.42 Å². The quantitative estimate of drug-likeness (QED) is 0.788. The van der Waals surface area contributed by atoms with E-state index in [-0.39, 0.29) is 5.38 Å². The van der Waals surface area contributed by atoms with E-state index in [1.807, 2.05) is 0 Å². The van der Waals surface area contributed by atoms with Crippen LogP contribution >= 0.6 is 22.9 Å². The highest BCUT2D eigenvalue weighted by Gasteiger charge is 2.36. The van der Waals surface area contributed by atoms with Crippen molar-refractivity contribution in [3.63, 3.8) is 0 Å². The molecule has 0 N–H and O–H groups in total. The Morgan fingerprint density at radius 1 is 1.40 bits per heavy atom. The Kier molecular flexibility index (Phi) is 3.42. The van der Waals surface area contributed by atoms with Crippen LogP contribution in [0.1, 0.15) is 36.2 Å². The van der Waals surface area contributed by atoms with Crippen LogP contribution in [0.4, 0.5) is 0 Å². The number of nitrogens with zero attached hydrogens (tertiary/aromatic N) is 2. The van der Waals surface area contributed by atoms with Gasteiger partial charge < -0.3 is 0 Å². The van der Waals surface area contributed by atoms with Crippen molar-refractivity contribution in [2.75, 3.05) is 6.26 Å². The molecule has 0 amide bonds. The number of alkyl halides is 1. The van der Waals surface area contributed by atoms with Gasteiger partial charge in [0.1, 0.15) is 14.8 Å². The molecule has 0 saturated heterocycles. The van der Waals surface area contributed by atoms with E-state index in [0.717, 1.165) is 0 Å². The lowest BCUT2D eigenvalue weighted by molar-refractivity contribution is 0.558. The Morgan fingerprint density at radius 2 is 1.93 bits per heavy atom.